The van der Waals surface area contributed by atoms with Crippen LogP contribution in [-0.4, -0.2) is 26.7 Å². The van der Waals surface area contributed by atoms with Crippen LogP contribution in [0.15, 0.2) is 36.5 Å². The predicted octanol–water partition coefficient (Wildman–Crippen LogP) is 2.19. The second-order valence-corrected chi connectivity index (χ2v) is 4.35. The molecule has 2 aromatic rings. The van der Waals surface area contributed by atoms with Crippen LogP contribution >= 0.6 is 0 Å². The van der Waals surface area contributed by atoms with Gasteiger partial charge in [-0.1, -0.05) is 30.3 Å². The van der Waals surface area contributed by atoms with E-state index in [4.69, 9.17) is 4.74 Å². The number of nitrogens with zero attached hydrogens (tertiary/aromatic N) is 3. The van der Waals surface area contributed by atoms with Crippen molar-refractivity contribution >= 4 is 0 Å². The molecular formula is C14H19N3O2. The second-order valence-electron chi connectivity index (χ2n) is 4.35. The summed E-state index contributed by atoms with van der Waals surface area (Å²) in [6, 6.07) is 9.58. The van der Waals surface area contributed by atoms with Crippen molar-refractivity contribution in [2.45, 2.75) is 32.4 Å². The highest BCUT2D eigenvalue weighted by Gasteiger charge is 2.13. The van der Waals surface area contributed by atoms with Gasteiger partial charge in [0.1, 0.15) is 11.9 Å². The molecule has 0 aliphatic rings. The fourth-order valence-corrected chi connectivity index (χ4v) is 1.86. The largest absolute Gasteiger partial charge is 0.493 e. The smallest absolute Gasteiger partial charge is 0.119 e. The summed E-state index contributed by atoms with van der Waals surface area (Å²) in [4.78, 5) is 0. The molecule has 19 heavy (non-hydrogen) atoms. The topological polar surface area (TPSA) is 60.2 Å². The number of aliphatic hydroxyl groups excluding tert-OH is 1. The van der Waals surface area contributed by atoms with Crippen LogP contribution in [0, 0.1) is 0 Å². The van der Waals surface area contributed by atoms with Crippen LogP contribution < -0.4 is 4.74 Å². The van der Waals surface area contributed by atoms with E-state index in [2.05, 4.69) is 17.2 Å². The molecule has 1 N–H and O–H groups in total. The van der Waals surface area contributed by atoms with E-state index < -0.39 is 6.10 Å². The lowest BCUT2D eigenvalue weighted by Crippen LogP contribution is -2.12. The van der Waals surface area contributed by atoms with Crippen molar-refractivity contribution in [2.24, 2.45) is 0 Å². The zero-order valence-corrected chi connectivity index (χ0v) is 11.1. The first-order chi connectivity index (χ1) is 9.31. The van der Waals surface area contributed by atoms with Crippen molar-refractivity contribution in [2.75, 3.05) is 6.61 Å². The van der Waals surface area contributed by atoms with Crippen LogP contribution in [0.1, 0.15) is 31.6 Å². The molecule has 0 amide bonds. The van der Waals surface area contributed by atoms with Gasteiger partial charge in [-0.2, -0.15) is 0 Å². The van der Waals surface area contributed by atoms with Crippen LogP contribution in [0.4, 0.5) is 0 Å². The summed E-state index contributed by atoms with van der Waals surface area (Å²) >= 11 is 0. The van der Waals surface area contributed by atoms with Crippen molar-refractivity contribution < 1.29 is 9.84 Å². The van der Waals surface area contributed by atoms with Gasteiger partial charge in [0.2, 0.25) is 0 Å². The fourth-order valence-electron chi connectivity index (χ4n) is 1.86. The van der Waals surface area contributed by atoms with Crippen molar-refractivity contribution in [3.8, 4) is 5.75 Å². The van der Waals surface area contributed by atoms with Gasteiger partial charge < -0.3 is 9.84 Å². The van der Waals surface area contributed by atoms with Crippen molar-refractivity contribution in [3.63, 3.8) is 0 Å². The minimum atomic E-state index is -0.592. The summed E-state index contributed by atoms with van der Waals surface area (Å²) in [6.07, 6.45) is 2.50. The van der Waals surface area contributed by atoms with E-state index in [1.807, 2.05) is 30.3 Å². The van der Waals surface area contributed by atoms with Gasteiger partial charge in [0, 0.05) is 13.0 Å². The Morgan fingerprint density at radius 3 is 2.84 bits per heavy atom. The molecule has 0 spiro atoms. The number of hydrogen-bond donors (Lipinski definition) is 1. The Labute approximate surface area is 112 Å². The number of aromatic nitrogens is 3. The quantitative estimate of drug-likeness (QED) is 0.830. The molecule has 5 nitrogen and oxygen atoms in total. The third-order valence-electron chi connectivity index (χ3n) is 2.83. The lowest BCUT2D eigenvalue weighted by atomic mass is 10.2. The molecule has 2 rings (SSSR count). The summed E-state index contributed by atoms with van der Waals surface area (Å²) in [7, 11) is 0. The van der Waals surface area contributed by atoms with Crippen LogP contribution in [0.3, 0.4) is 0 Å². The normalized spacial score (nSPS) is 12.3. The number of hydrogen-bond acceptors (Lipinski definition) is 4. The van der Waals surface area contributed by atoms with Crippen molar-refractivity contribution in [1.82, 2.24) is 15.0 Å². The van der Waals surface area contributed by atoms with Crippen molar-refractivity contribution in [1.29, 1.82) is 0 Å². The fraction of sp³-hybridized carbons (Fsp3) is 0.429. The zero-order chi connectivity index (χ0) is 13.5. The van der Waals surface area contributed by atoms with Gasteiger partial charge in [0.25, 0.3) is 0 Å². The summed E-state index contributed by atoms with van der Waals surface area (Å²) in [5.41, 5.74) is 0.749. The maximum absolute atomic E-state index is 10.1. The maximum Gasteiger partial charge on any atom is 0.119 e. The lowest BCUT2D eigenvalue weighted by molar-refractivity contribution is 0.131. The molecule has 1 atom stereocenters. The van der Waals surface area contributed by atoms with Gasteiger partial charge in [0.15, 0.2) is 0 Å². The van der Waals surface area contributed by atoms with Gasteiger partial charge in [-0.05, 0) is 18.6 Å². The van der Waals surface area contributed by atoms with Crippen LogP contribution in [-0.2, 0) is 6.54 Å². The number of aryl methyl sites for hydroxylation is 1. The van der Waals surface area contributed by atoms with Gasteiger partial charge >= 0.3 is 0 Å². The molecule has 5 heteroatoms. The minimum Gasteiger partial charge on any atom is -0.493 e. The highest BCUT2D eigenvalue weighted by Crippen LogP contribution is 2.16. The number of rotatable bonds is 7. The van der Waals surface area contributed by atoms with Gasteiger partial charge in [0.05, 0.1) is 18.5 Å². The monoisotopic (exact) mass is 261 g/mol. The number of para-hydroxylation sites is 1. The molecule has 0 radical (unpaired) electrons. The van der Waals surface area contributed by atoms with Gasteiger partial charge in [-0.15, -0.1) is 5.10 Å². The molecule has 0 bridgehead atoms. The van der Waals surface area contributed by atoms with Crippen LogP contribution in [0.5, 0.6) is 5.75 Å². The Morgan fingerprint density at radius 2 is 2.11 bits per heavy atom. The van der Waals surface area contributed by atoms with Crippen molar-refractivity contribution in [3.05, 3.63) is 42.2 Å². The van der Waals surface area contributed by atoms with E-state index >= 15 is 0 Å². The van der Waals surface area contributed by atoms with E-state index in [1.165, 1.54) is 0 Å². The van der Waals surface area contributed by atoms with E-state index in [9.17, 15) is 5.11 Å². The molecule has 1 unspecified atom stereocenters. The summed E-state index contributed by atoms with van der Waals surface area (Å²) in [5, 5.41) is 17.9. The van der Waals surface area contributed by atoms with E-state index in [-0.39, 0.29) is 0 Å². The van der Waals surface area contributed by atoms with E-state index in [0.29, 0.717) is 13.0 Å². The zero-order valence-electron chi connectivity index (χ0n) is 11.1. The first-order valence-corrected chi connectivity index (χ1v) is 6.55. The number of aliphatic hydroxyl groups is 1. The molecule has 0 saturated heterocycles. The average molecular weight is 261 g/mol. The van der Waals surface area contributed by atoms with E-state index in [0.717, 1.165) is 24.4 Å². The van der Waals surface area contributed by atoms with Crippen LogP contribution in [0.2, 0.25) is 0 Å². The van der Waals surface area contributed by atoms with Crippen LogP contribution in [0.25, 0.3) is 0 Å². The molecule has 0 fully saturated rings. The highest BCUT2D eigenvalue weighted by atomic mass is 16.5. The minimum absolute atomic E-state index is 0.461. The predicted molar refractivity (Wildman–Crippen MR) is 71.8 cm³/mol. The average Bonchev–Trinajstić information content (AvgIpc) is 2.89. The standard InChI is InChI=1S/C14H19N3O2/c1-2-9-17-13(11-15-16-17)14(18)8-10-19-12-6-4-3-5-7-12/h3-7,11,14,18H,2,8-10H2,1H3. The Kier molecular flexibility index (Phi) is 4.92. The maximum atomic E-state index is 10.1. The Morgan fingerprint density at radius 1 is 1.32 bits per heavy atom. The Bertz CT molecular complexity index is 484. The molecule has 102 valence electrons. The van der Waals surface area contributed by atoms with E-state index in [1.54, 1.807) is 10.9 Å². The molecule has 1 heterocycles. The molecular weight excluding hydrogens is 242 g/mol. The Balaban J connectivity index is 1.84. The first-order valence-electron chi connectivity index (χ1n) is 6.55. The van der Waals surface area contributed by atoms with Gasteiger partial charge in [-0.25, -0.2) is 4.68 Å². The molecule has 0 aliphatic carbocycles. The molecule has 0 aliphatic heterocycles. The summed E-state index contributed by atoms with van der Waals surface area (Å²) < 4.78 is 7.31. The van der Waals surface area contributed by atoms with Gasteiger partial charge in [-0.3, -0.25) is 0 Å². The summed E-state index contributed by atoms with van der Waals surface area (Å²) in [5.74, 6) is 0.815. The molecule has 0 saturated carbocycles. The number of ether oxygens (including phenoxy) is 1. The Hall–Kier alpha value is -1.88. The highest BCUT2D eigenvalue weighted by molar-refractivity contribution is 5.20. The third kappa shape index (κ3) is 3.79. The third-order valence-corrected chi connectivity index (χ3v) is 2.83. The molecule has 1 aromatic heterocycles. The number of benzene rings is 1. The lowest BCUT2D eigenvalue weighted by Gasteiger charge is -2.12. The molecule has 1 aromatic carbocycles. The second kappa shape index (κ2) is 6.89. The SMILES string of the molecule is CCCn1nncc1C(O)CCOc1ccccc1. The first kappa shape index (κ1) is 13.5. The summed E-state index contributed by atoms with van der Waals surface area (Å²) in [6.45, 7) is 3.30.